The van der Waals surface area contributed by atoms with E-state index in [0.29, 0.717) is 20.2 Å². The molecule has 0 atom stereocenters. The molecular weight excluding hydrogens is 531 g/mol. The van der Waals surface area contributed by atoms with Gasteiger partial charge in [0.1, 0.15) is 5.01 Å². The molecule has 0 amide bonds. The molecule has 0 aliphatic heterocycles. The van der Waals surface area contributed by atoms with Crippen LogP contribution < -0.4 is 5.32 Å². The lowest BCUT2D eigenvalue weighted by molar-refractivity contribution is 0.507. The molecule has 0 aliphatic carbocycles. The molecule has 9 heteroatoms. The number of nitrogens with one attached hydrogen (secondary N) is 2. The first-order chi connectivity index (χ1) is 11.4. The molecule has 0 saturated carbocycles. The molecule has 0 aliphatic rings. The maximum Gasteiger partial charge on any atom is 0.184 e. The Kier molecular flexibility index (Phi) is 5.33. The smallest absolute Gasteiger partial charge is 0.184 e. The quantitative estimate of drug-likeness (QED) is 0.225. The molecule has 3 rings (SSSR count). The zero-order valence-corrected chi connectivity index (χ0v) is 17.5. The summed E-state index contributed by atoms with van der Waals surface area (Å²) in [6, 6.07) is 7.16. The van der Waals surface area contributed by atoms with Gasteiger partial charge < -0.3 is 5.32 Å². The van der Waals surface area contributed by atoms with E-state index in [1.54, 1.807) is 0 Å². The molecule has 2 N–H and O–H groups in total. The number of aromatic amines is 1. The van der Waals surface area contributed by atoms with Gasteiger partial charge in [0.15, 0.2) is 15.6 Å². The summed E-state index contributed by atoms with van der Waals surface area (Å²) in [6.07, 6.45) is 0. The van der Waals surface area contributed by atoms with Gasteiger partial charge in [-0.3, -0.25) is 5.10 Å². The largest absolute Gasteiger partial charge is 0.352 e. The lowest BCUT2D eigenvalue weighted by Gasteiger charge is -2.15. The van der Waals surface area contributed by atoms with Crippen molar-refractivity contribution in [2.75, 3.05) is 5.32 Å². The average molecular weight is 540 g/mol. The summed E-state index contributed by atoms with van der Waals surface area (Å²) >= 11 is 11.5. The van der Waals surface area contributed by atoms with Crippen molar-refractivity contribution in [1.29, 1.82) is 0 Å². The maximum absolute atomic E-state index is 14.6. The van der Waals surface area contributed by atoms with Gasteiger partial charge in [0.25, 0.3) is 0 Å². The molecular formula is C15H9BrF2IN3S2. The number of hydrogen-bond acceptors (Lipinski definition) is 4. The van der Waals surface area contributed by atoms with Crippen LogP contribution in [0.4, 0.5) is 20.2 Å². The summed E-state index contributed by atoms with van der Waals surface area (Å²) in [6.45, 7) is 1.90. The SMILES string of the molecule is Cc1cc(I)ccc1Nc1c(-c2n[nH]c(=S)s2)cc(Br)c(F)c1F. The zero-order chi connectivity index (χ0) is 17.4. The number of benzene rings is 2. The lowest BCUT2D eigenvalue weighted by Crippen LogP contribution is -2.02. The predicted molar refractivity (Wildman–Crippen MR) is 108 cm³/mol. The Balaban J connectivity index is 2.18. The third-order valence-corrected chi connectivity index (χ3v) is 5.65. The van der Waals surface area contributed by atoms with Crippen molar-refractivity contribution in [3.05, 3.63) is 53.5 Å². The Morgan fingerprint density at radius 3 is 2.67 bits per heavy atom. The summed E-state index contributed by atoms with van der Waals surface area (Å²) in [5, 5.41) is 10.2. The van der Waals surface area contributed by atoms with E-state index in [4.69, 9.17) is 12.2 Å². The van der Waals surface area contributed by atoms with Crippen LogP contribution in [-0.2, 0) is 0 Å². The van der Waals surface area contributed by atoms with Crippen molar-refractivity contribution in [2.24, 2.45) is 0 Å². The van der Waals surface area contributed by atoms with Crippen molar-refractivity contribution < 1.29 is 8.78 Å². The Bertz CT molecular complexity index is 987. The lowest BCUT2D eigenvalue weighted by atomic mass is 10.1. The van der Waals surface area contributed by atoms with E-state index >= 15 is 0 Å². The van der Waals surface area contributed by atoms with Crippen LogP contribution in [0.25, 0.3) is 10.6 Å². The predicted octanol–water partition coefficient (Wildman–Crippen LogP) is 6.57. The van der Waals surface area contributed by atoms with Crippen LogP contribution in [0.15, 0.2) is 28.7 Å². The highest BCUT2D eigenvalue weighted by molar-refractivity contribution is 14.1. The molecule has 124 valence electrons. The number of aromatic nitrogens is 2. The second kappa shape index (κ2) is 7.14. The number of nitrogens with zero attached hydrogens (tertiary/aromatic N) is 1. The maximum atomic E-state index is 14.6. The topological polar surface area (TPSA) is 40.7 Å². The van der Waals surface area contributed by atoms with E-state index < -0.39 is 11.6 Å². The zero-order valence-electron chi connectivity index (χ0n) is 12.1. The van der Waals surface area contributed by atoms with E-state index in [2.05, 4.69) is 54.0 Å². The van der Waals surface area contributed by atoms with Crippen LogP contribution in [0.5, 0.6) is 0 Å². The van der Waals surface area contributed by atoms with Crippen molar-refractivity contribution in [1.82, 2.24) is 10.2 Å². The fourth-order valence-electron chi connectivity index (χ4n) is 2.13. The Labute approximate surface area is 167 Å². The number of hydrogen-bond donors (Lipinski definition) is 2. The third-order valence-electron chi connectivity index (χ3n) is 3.28. The highest BCUT2D eigenvalue weighted by Gasteiger charge is 2.21. The minimum Gasteiger partial charge on any atom is -0.352 e. The molecule has 24 heavy (non-hydrogen) atoms. The van der Waals surface area contributed by atoms with Gasteiger partial charge in [-0.1, -0.05) is 11.3 Å². The third kappa shape index (κ3) is 3.53. The summed E-state index contributed by atoms with van der Waals surface area (Å²) < 4.78 is 30.2. The van der Waals surface area contributed by atoms with E-state index in [0.717, 1.165) is 9.13 Å². The van der Waals surface area contributed by atoms with Gasteiger partial charge in [0.2, 0.25) is 0 Å². The van der Waals surface area contributed by atoms with Crippen LogP contribution >= 0.6 is 62.1 Å². The van der Waals surface area contributed by atoms with Gasteiger partial charge >= 0.3 is 0 Å². The summed E-state index contributed by atoms with van der Waals surface area (Å²) in [5.74, 6) is -1.93. The average Bonchev–Trinajstić information content (AvgIpc) is 2.96. The highest BCUT2D eigenvalue weighted by atomic mass is 127. The minimum absolute atomic E-state index is 0.0257. The number of aryl methyl sites for hydroxylation is 1. The van der Waals surface area contributed by atoms with Crippen LogP contribution in [0.2, 0.25) is 0 Å². The monoisotopic (exact) mass is 539 g/mol. The van der Waals surface area contributed by atoms with Gasteiger partial charge in [0, 0.05) is 14.8 Å². The molecule has 0 spiro atoms. The second-order valence-electron chi connectivity index (χ2n) is 4.91. The standard InChI is InChI=1S/C15H9BrF2IN3S2/c1-6-4-7(19)2-3-10(6)20-13-8(14-21-22-15(23)24-14)5-9(16)11(17)12(13)18/h2-5,20H,1H3,(H,22,23). The molecule has 3 aromatic rings. The van der Waals surface area contributed by atoms with Crippen molar-refractivity contribution >= 4 is 73.5 Å². The van der Waals surface area contributed by atoms with E-state index in [-0.39, 0.29) is 10.2 Å². The molecule has 0 fully saturated rings. The highest BCUT2D eigenvalue weighted by Crippen LogP contribution is 2.38. The van der Waals surface area contributed by atoms with Crippen LogP contribution in [0.3, 0.4) is 0 Å². The molecule has 0 radical (unpaired) electrons. The Morgan fingerprint density at radius 2 is 2.04 bits per heavy atom. The van der Waals surface area contributed by atoms with Crippen molar-refractivity contribution in [2.45, 2.75) is 6.92 Å². The minimum atomic E-state index is -0.974. The first-order valence-corrected chi connectivity index (χ1v) is 9.73. The van der Waals surface area contributed by atoms with Gasteiger partial charge in [-0.2, -0.15) is 5.10 Å². The van der Waals surface area contributed by atoms with Crippen LogP contribution in [-0.4, -0.2) is 10.2 Å². The number of H-pyrrole nitrogens is 1. The normalized spacial score (nSPS) is 10.9. The number of halogens is 4. The Morgan fingerprint density at radius 1 is 1.29 bits per heavy atom. The van der Waals surface area contributed by atoms with Gasteiger partial charge in [0.05, 0.1) is 10.2 Å². The first-order valence-electron chi connectivity index (χ1n) is 6.63. The molecule has 1 aromatic heterocycles. The molecule has 0 saturated heterocycles. The molecule has 2 aromatic carbocycles. The summed E-state index contributed by atoms with van der Waals surface area (Å²) in [5.41, 5.74) is 2.07. The number of anilines is 2. The summed E-state index contributed by atoms with van der Waals surface area (Å²) in [7, 11) is 0. The van der Waals surface area contributed by atoms with E-state index in [1.165, 1.54) is 17.4 Å². The van der Waals surface area contributed by atoms with Crippen molar-refractivity contribution in [3.8, 4) is 10.6 Å². The van der Waals surface area contributed by atoms with Crippen LogP contribution in [0.1, 0.15) is 5.56 Å². The van der Waals surface area contributed by atoms with Gasteiger partial charge in [-0.05, 0) is 87.5 Å². The van der Waals surface area contributed by atoms with E-state index in [1.807, 2.05) is 25.1 Å². The first kappa shape index (κ1) is 17.9. The molecule has 0 bridgehead atoms. The van der Waals surface area contributed by atoms with Crippen LogP contribution in [0, 0.1) is 26.1 Å². The molecule has 0 unspecified atom stereocenters. The fraction of sp³-hybridized carbons (Fsp3) is 0.0667. The van der Waals surface area contributed by atoms with Gasteiger partial charge in [-0.15, -0.1) is 0 Å². The van der Waals surface area contributed by atoms with E-state index in [9.17, 15) is 8.78 Å². The fourth-order valence-corrected chi connectivity index (χ4v) is 4.09. The number of rotatable bonds is 3. The summed E-state index contributed by atoms with van der Waals surface area (Å²) in [4.78, 5) is 0. The Hall–Kier alpha value is -0.910. The molecule has 3 nitrogen and oxygen atoms in total. The second-order valence-corrected chi connectivity index (χ2v) is 8.68. The van der Waals surface area contributed by atoms with Crippen molar-refractivity contribution in [3.63, 3.8) is 0 Å². The van der Waals surface area contributed by atoms with Gasteiger partial charge in [-0.25, -0.2) is 8.78 Å². The molecule has 1 heterocycles.